The Morgan fingerprint density at radius 2 is 1.94 bits per heavy atom. The highest BCUT2D eigenvalue weighted by molar-refractivity contribution is 7.17. The van der Waals surface area contributed by atoms with Crippen LogP contribution in [0.4, 0.5) is 5.13 Å². The number of hydrogen-bond donors (Lipinski definition) is 6. The number of rotatable bonds is 9. The number of carbonyl (C=O) groups is 4. The summed E-state index contributed by atoms with van der Waals surface area (Å²) in [5, 5.41) is 33.2. The van der Waals surface area contributed by atoms with Gasteiger partial charge in [-0.05, 0) is 13.3 Å². The number of aromatic carboxylic acids is 1. The van der Waals surface area contributed by atoms with Crippen molar-refractivity contribution in [2.45, 2.75) is 31.5 Å². The third-order valence-electron chi connectivity index (χ3n) is 5.54. The highest BCUT2D eigenvalue weighted by Gasteiger charge is 2.35. The fourth-order valence-electron chi connectivity index (χ4n) is 3.62. The average molecular weight is 564 g/mol. The maximum absolute atomic E-state index is 12.7. The van der Waals surface area contributed by atoms with Crippen LogP contribution < -0.4 is 15.5 Å². The number of aryl methyl sites for hydroxylation is 1. The Morgan fingerprint density at radius 1 is 1.25 bits per heavy atom. The van der Waals surface area contributed by atoms with Crippen molar-refractivity contribution in [3.05, 3.63) is 32.0 Å². The molecule has 1 fully saturated rings. The van der Waals surface area contributed by atoms with Crippen molar-refractivity contribution in [3.8, 4) is 0 Å². The van der Waals surface area contributed by atoms with Crippen molar-refractivity contribution in [3.63, 3.8) is 0 Å². The van der Waals surface area contributed by atoms with Crippen LogP contribution in [0.25, 0.3) is 0 Å². The number of nitrogens with one attached hydrogen (secondary N) is 3. The lowest BCUT2D eigenvalue weighted by Crippen LogP contribution is -2.55. The van der Waals surface area contributed by atoms with E-state index in [9.17, 15) is 24.3 Å². The predicted octanol–water partition coefficient (Wildman–Crippen LogP) is 0.984. The van der Waals surface area contributed by atoms with Crippen LogP contribution in [0.3, 0.4) is 0 Å². The van der Waals surface area contributed by atoms with Crippen molar-refractivity contribution in [1.82, 2.24) is 20.6 Å². The number of anilines is 1. The third-order valence-corrected chi connectivity index (χ3v) is 7.59. The summed E-state index contributed by atoms with van der Waals surface area (Å²) in [6.07, 6.45) is -0.127. The Morgan fingerprint density at radius 3 is 2.47 bits per heavy atom. The molecule has 3 rings (SSSR count). The van der Waals surface area contributed by atoms with Gasteiger partial charge in [-0.1, -0.05) is 34.5 Å². The molecule has 0 spiro atoms. The van der Waals surface area contributed by atoms with Crippen molar-refractivity contribution < 1.29 is 39.2 Å². The number of piperidine rings is 1. The first kappa shape index (κ1) is 27.7. The number of aliphatic carboxylic acids is 1. The van der Waals surface area contributed by atoms with Crippen LogP contribution in [0.1, 0.15) is 42.8 Å². The SMILES string of the molecule is CO[C@H]1CN(c2nc(C(=O)NC(CO)C(=O)O)c(C(=O)O)s2)CC[C@H]1NC(=O)c1[nH]c(C)c(Cl)c1Cl. The zero-order valence-corrected chi connectivity index (χ0v) is 21.3. The van der Waals surface area contributed by atoms with E-state index in [0.717, 1.165) is 11.3 Å². The summed E-state index contributed by atoms with van der Waals surface area (Å²) < 4.78 is 5.54. The van der Waals surface area contributed by atoms with Gasteiger partial charge in [0, 0.05) is 25.9 Å². The number of carboxylic acid groups (broad SMARTS) is 2. The first-order valence-corrected chi connectivity index (χ1v) is 12.1. The molecule has 0 aromatic carbocycles. The quantitative estimate of drug-likeness (QED) is 0.256. The molecule has 0 aliphatic carbocycles. The fraction of sp³-hybridized carbons (Fsp3) is 0.450. The number of aromatic nitrogens is 2. The van der Waals surface area contributed by atoms with Crippen molar-refractivity contribution >= 4 is 63.4 Å². The molecule has 2 amide bonds. The number of aliphatic hydroxyl groups is 1. The summed E-state index contributed by atoms with van der Waals surface area (Å²) in [5.74, 6) is -4.40. The number of carbonyl (C=O) groups excluding carboxylic acids is 2. The second-order valence-electron chi connectivity index (χ2n) is 7.87. The number of thiazole rings is 1. The first-order valence-electron chi connectivity index (χ1n) is 10.5. The maximum atomic E-state index is 12.7. The first-order chi connectivity index (χ1) is 17.0. The number of carboxylic acids is 2. The fourth-order valence-corrected chi connectivity index (χ4v) is 4.97. The van der Waals surface area contributed by atoms with E-state index in [0.29, 0.717) is 18.7 Å². The van der Waals surface area contributed by atoms with Gasteiger partial charge in [-0.15, -0.1) is 0 Å². The summed E-state index contributed by atoms with van der Waals surface area (Å²) in [7, 11) is 1.46. The number of hydrogen-bond acceptors (Lipinski definition) is 9. The van der Waals surface area contributed by atoms with Gasteiger partial charge in [0.1, 0.15) is 10.6 Å². The minimum atomic E-state index is -1.62. The molecule has 0 radical (unpaired) electrons. The number of aromatic amines is 1. The largest absolute Gasteiger partial charge is 0.480 e. The van der Waals surface area contributed by atoms with Crippen LogP contribution in [0, 0.1) is 6.92 Å². The number of aliphatic hydroxyl groups excluding tert-OH is 1. The van der Waals surface area contributed by atoms with Crippen LogP contribution in [0.15, 0.2) is 0 Å². The predicted molar refractivity (Wildman–Crippen MR) is 129 cm³/mol. The molecule has 36 heavy (non-hydrogen) atoms. The molecular formula is C20H23Cl2N5O8S. The van der Waals surface area contributed by atoms with E-state index < -0.39 is 54.2 Å². The molecule has 1 unspecified atom stereocenters. The molecule has 196 valence electrons. The molecule has 2 aromatic heterocycles. The Bertz CT molecular complexity index is 1190. The zero-order chi connectivity index (χ0) is 26.7. The smallest absolute Gasteiger partial charge is 0.348 e. The van der Waals surface area contributed by atoms with Crippen molar-refractivity contribution in [2.75, 3.05) is 31.7 Å². The Balaban J connectivity index is 1.76. The second-order valence-corrected chi connectivity index (χ2v) is 9.60. The monoisotopic (exact) mass is 563 g/mol. The summed E-state index contributed by atoms with van der Waals surface area (Å²) in [6, 6.07) is -2.03. The number of ether oxygens (including phenoxy) is 1. The average Bonchev–Trinajstić information content (AvgIpc) is 3.40. The van der Waals surface area contributed by atoms with Crippen LogP contribution in [0.5, 0.6) is 0 Å². The molecule has 1 aliphatic heterocycles. The summed E-state index contributed by atoms with van der Waals surface area (Å²) in [5.41, 5.74) is 0.206. The van der Waals surface area contributed by atoms with Crippen molar-refractivity contribution in [2.24, 2.45) is 0 Å². The maximum Gasteiger partial charge on any atom is 0.348 e. The molecule has 16 heteroatoms. The standard InChI is InChI=1S/C20H23Cl2N5O8S/c1-7-11(21)12(22)13(23-7)16(29)24-8-3-4-27(5-10(8)35-2)20-26-14(15(36-20)19(33)34)17(30)25-9(6-28)18(31)32/h8-10,23,28H,3-6H2,1-2H3,(H,24,29)(H,25,30)(H,31,32)(H,33,34)/t8-,9?,10+/m1/s1. The number of H-pyrrole nitrogens is 1. The van der Waals surface area contributed by atoms with E-state index >= 15 is 0 Å². The second kappa shape index (κ2) is 11.4. The Hall–Kier alpha value is -2.91. The van der Waals surface area contributed by atoms with Gasteiger partial charge in [0.05, 0.1) is 28.8 Å². The van der Waals surface area contributed by atoms with Gasteiger partial charge in [0.2, 0.25) is 0 Å². The lowest BCUT2D eigenvalue weighted by atomic mass is 10.0. The molecular weight excluding hydrogens is 541 g/mol. The minimum Gasteiger partial charge on any atom is -0.480 e. The summed E-state index contributed by atoms with van der Waals surface area (Å²) in [6.45, 7) is 1.35. The van der Waals surface area contributed by atoms with Crippen LogP contribution in [-0.4, -0.2) is 94.0 Å². The van der Waals surface area contributed by atoms with E-state index in [1.54, 1.807) is 11.8 Å². The van der Waals surface area contributed by atoms with E-state index in [1.807, 2.05) is 5.32 Å². The third kappa shape index (κ3) is 5.73. The highest BCUT2D eigenvalue weighted by atomic mass is 35.5. The van der Waals surface area contributed by atoms with Crippen LogP contribution in [0.2, 0.25) is 10.0 Å². The van der Waals surface area contributed by atoms with Gasteiger partial charge >= 0.3 is 11.9 Å². The molecule has 13 nitrogen and oxygen atoms in total. The van der Waals surface area contributed by atoms with Gasteiger partial charge < -0.3 is 40.6 Å². The lowest BCUT2D eigenvalue weighted by Gasteiger charge is -2.37. The molecule has 6 N–H and O–H groups in total. The Labute approximate surface area is 218 Å². The van der Waals surface area contributed by atoms with E-state index in [-0.39, 0.29) is 32.3 Å². The van der Waals surface area contributed by atoms with Gasteiger partial charge in [-0.3, -0.25) is 9.59 Å². The van der Waals surface area contributed by atoms with Gasteiger partial charge in [-0.2, -0.15) is 0 Å². The molecule has 1 saturated heterocycles. The molecule has 3 heterocycles. The molecule has 2 aromatic rings. The number of halogens is 2. The van der Waals surface area contributed by atoms with E-state index in [1.165, 1.54) is 7.11 Å². The van der Waals surface area contributed by atoms with Crippen molar-refractivity contribution in [1.29, 1.82) is 0 Å². The van der Waals surface area contributed by atoms with Gasteiger partial charge in [0.15, 0.2) is 16.9 Å². The molecule has 3 atom stereocenters. The number of amides is 2. The van der Waals surface area contributed by atoms with Gasteiger partial charge in [0.25, 0.3) is 11.8 Å². The normalized spacial score (nSPS) is 18.5. The highest BCUT2D eigenvalue weighted by Crippen LogP contribution is 2.31. The number of methoxy groups -OCH3 is 1. The molecule has 1 aliphatic rings. The zero-order valence-electron chi connectivity index (χ0n) is 19.0. The summed E-state index contributed by atoms with van der Waals surface area (Å²) in [4.78, 5) is 56.3. The molecule has 0 saturated carbocycles. The minimum absolute atomic E-state index is 0.110. The lowest BCUT2D eigenvalue weighted by molar-refractivity contribution is -0.140. The topological polar surface area (TPSA) is 194 Å². The van der Waals surface area contributed by atoms with Crippen LogP contribution >= 0.6 is 34.5 Å². The summed E-state index contributed by atoms with van der Waals surface area (Å²) >= 11 is 12.9. The van der Waals surface area contributed by atoms with E-state index in [2.05, 4.69) is 15.3 Å². The van der Waals surface area contributed by atoms with Crippen LogP contribution in [-0.2, 0) is 9.53 Å². The molecule has 0 bridgehead atoms. The van der Waals surface area contributed by atoms with E-state index in [4.69, 9.17) is 38.2 Å². The Kier molecular flexibility index (Phi) is 8.79. The number of nitrogens with zero attached hydrogens (tertiary/aromatic N) is 2. The van der Waals surface area contributed by atoms with Gasteiger partial charge in [-0.25, -0.2) is 14.6 Å².